The summed E-state index contributed by atoms with van der Waals surface area (Å²) in [6, 6.07) is 3.98. The van der Waals surface area contributed by atoms with E-state index in [4.69, 9.17) is 5.14 Å². The molecular formula is C12H19BrN2O4S2. The maximum Gasteiger partial charge on any atom is 0.239 e. The summed E-state index contributed by atoms with van der Waals surface area (Å²) in [5.74, 6) is -0.00887. The second kappa shape index (κ2) is 6.23. The highest BCUT2D eigenvalue weighted by molar-refractivity contribution is 9.10. The minimum atomic E-state index is -3.85. The van der Waals surface area contributed by atoms with Crippen molar-refractivity contribution >= 4 is 41.7 Å². The Morgan fingerprint density at radius 2 is 1.76 bits per heavy atom. The first kappa shape index (κ1) is 18.4. The van der Waals surface area contributed by atoms with Gasteiger partial charge < -0.3 is 0 Å². The van der Waals surface area contributed by atoms with Gasteiger partial charge in [0.1, 0.15) is 0 Å². The lowest BCUT2D eigenvalue weighted by Gasteiger charge is -2.18. The molecule has 21 heavy (non-hydrogen) atoms. The van der Waals surface area contributed by atoms with Crippen molar-refractivity contribution in [2.24, 2.45) is 10.6 Å². The molecule has 0 aliphatic rings. The quantitative estimate of drug-likeness (QED) is 0.792. The van der Waals surface area contributed by atoms with Crippen LogP contribution in [0.5, 0.6) is 0 Å². The van der Waals surface area contributed by atoms with Gasteiger partial charge in [0.25, 0.3) is 0 Å². The maximum atomic E-state index is 12.0. The van der Waals surface area contributed by atoms with Gasteiger partial charge in [-0.05, 0) is 46.0 Å². The molecule has 0 saturated carbocycles. The number of hydrogen-bond donors (Lipinski definition) is 2. The van der Waals surface area contributed by atoms with Crippen molar-refractivity contribution in [3.05, 3.63) is 22.7 Å². The molecule has 0 aliphatic carbocycles. The number of nitrogens with two attached hydrogens (primary N) is 1. The second-order valence-corrected chi connectivity index (χ2v) is 10.1. The molecule has 1 aromatic rings. The summed E-state index contributed by atoms with van der Waals surface area (Å²) in [5.41, 5.74) is 0.190. The number of anilines is 1. The van der Waals surface area contributed by atoms with E-state index in [2.05, 4.69) is 20.7 Å². The van der Waals surface area contributed by atoms with Crippen molar-refractivity contribution in [2.45, 2.75) is 32.1 Å². The van der Waals surface area contributed by atoms with Crippen molar-refractivity contribution in [3.63, 3.8) is 0 Å². The summed E-state index contributed by atoms with van der Waals surface area (Å²) in [6.45, 7) is 5.88. The summed E-state index contributed by atoms with van der Waals surface area (Å²) in [5, 5.41) is 5.03. The summed E-state index contributed by atoms with van der Waals surface area (Å²) in [7, 11) is -7.33. The van der Waals surface area contributed by atoms with E-state index in [1.165, 1.54) is 18.2 Å². The van der Waals surface area contributed by atoms with E-state index in [1.807, 2.05) is 20.8 Å². The average Bonchev–Trinajstić information content (AvgIpc) is 2.23. The molecule has 0 heterocycles. The summed E-state index contributed by atoms with van der Waals surface area (Å²) in [4.78, 5) is -0.0971. The molecule has 0 spiro atoms. The third-order valence-electron chi connectivity index (χ3n) is 2.63. The van der Waals surface area contributed by atoms with E-state index in [9.17, 15) is 16.8 Å². The highest BCUT2D eigenvalue weighted by atomic mass is 79.9. The maximum absolute atomic E-state index is 12.0. The van der Waals surface area contributed by atoms with Gasteiger partial charge >= 0.3 is 0 Å². The SMILES string of the molecule is CC(C)(C)CCS(=O)(=O)Nc1ccc(S(N)(=O)=O)c(Br)c1. The van der Waals surface area contributed by atoms with Crippen molar-refractivity contribution in [1.82, 2.24) is 0 Å². The van der Waals surface area contributed by atoms with Gasteiger partial charge in [-0.25, -0.2) is 22.0 Å². The highest BCUT2D eigenvalue weighted by Crippen LogP contribution is 2.26. The third-order valence-corrected chi connectivity index (χ3v) is 5.81. The lowest BCUT2D eigenvalue weighted by atomic mass is 9.94. The topological polar surface area (TPSA) is 106 Å². The van der Waals surface area contributed by atoms with Crippen molar-refractivity contribution in [3.8, 4) is 0 Å². The second-order valence-electron chi connectivity index (χ2n) is 5.92. The van der Waals surface area contributed by atoms with Crippen molar-refractivity contribution < 1.29 is 16.8 Å². The smallest absolute Gasteiger partial charge is 0.239 e. The Kier molecular flexibility index (Phi) is 5.46. The molecule has 0 aliphatic heterocycles. The Labute approximate surface area is 134 Å². The van der Waals surface area contributed by atoms with Gasteiger partial charge in [0.2, 0.25) is 20.0 Å². The van der Waals surface area contributed by atoms with E-state index < -0.39 is 20.0 Å². The molecular weight excluding hydrogens is 380 g/mol. The van der Waals surface area contributed by atoms with Crippen LogP contribution in [0, 0.1) is 5.41 Å². The predicted molar refractivity (Wildman–Crippen MR) is 87.0 cm³/mol. The minimum Gasteiger partial charge on any atom is -0.284 e. The zero-order chi connectivity index (χ0) is 16.5. The summed E-state index contributed by atoms with van der Waals surface area (Å²) in [6.07, 6.45) is 0.513. The van der Waals surface area contributed by atoms with Crippen LogP contribution in [0.1, 0.15) is 27.2 Å². The minimum absolute atomic E-state index is 0.00887. The molecule has 1 rings (SSSR count). The zero-order valence-electron chi connectivity index (χ0n) is 12.1. The molecule has 0 fully saturated rings. The van der Waals surface area contributed by atoms with Crippen LogP contribution >= 0.6 is 15.9 Å². The van der Waals surface area contributed by atoms with E-state index in [-0.39, 0.29) is 26.2 Å². The van der Waals surface area contributed by atoms with Crippen LogP contribution in [0.3, 0.4) is 0 Å². The molecule has 6 nitrogen and oxygen atoms in total. The fraction of sp³-hybridized carbons (Fsp3) is 0.500. The first-order valence-electron chi connectivity index (χ1n) is 6.13. The summed E-state index contributed by atoms with van der Waals surface area (Å²) >= 11 is 3.07. The van der Waals surface area contributed by atoms with E-state index in [0.717, 1.165) is 0 Å². The molecule has 0 amide bonds. The fourth-order valence-electron chi connectivity index (χ4n) is 1.47. The normalized spacial score (nSPS) is 13.2. The molecule has 0 atom stereocenters. The molecule has 1 aromatic carbocycles. The van der Waals surface area contributed by atoms with Gasteiger partial charge in [-0.2, -0.15) is 0 Å². The van der Waals surface area contributed by atoms with Crippen LogP contribution in [0.2, 0.25) is 0 Å². The van der Waals surface area contributed by atoms with Gasteiger partial charge in [-0.3, -0.25) is 4.72 Å². The molecule has 0 aromatic heterocycles. The van der Waals surface area contributed by atoms with Crippen LogP contribution in [-0.2, 0) is 20.0 Å². The van der Waals surface area contributed by atoms with Gasteiger partial charge in [0, 0.05) is 10.2 Å². The first-order valence-corrected chi connectivity index (χ1v) is 10.1. The van der Waals surface area contributed by atoms with Crippen LogP contribution in [0.25, 0.3) is 0 Å². The van der Waals surface area contributed by atoms with Crippen LogP contribution < -0.4 is 9.86 Å². The fourth-order valence-corrected chi connectivity index (χ4v) is 4.58. The van der Waals surface area contributed by atoms with E-state index >= 15 is 0 Å². The Morgan fingerprint density at radius 1 is 1.19 bits per heavy atom. The Balaban J connectivity index is 2.92. The lowest BCUT2D eigenvalue weighted by molar-refractivity contribution is 0.397. The van der Waals surface area contributed by atoms with E-state index in [1.54, 1.807) is 0 Å². The Hall–Kier alpha value is -0.640. The molecule has 0 bridgehead atoms. The van der Waals surface area contributed by atoms with Crippen LogP contribution in [-0.4, -0.2) is 22.6 Å². The largest absolute Gasteiger partial charge is 0.284 e. The molecule has 3 N–H and O–H groups in total. The van der Waals surface area contributed by atoms with E-state index in [0.29, 0.717) is 6.42 Å². The zero-order valence-corrected chi connectivity index (χ0v) is 15.3. The standard InChI is InChI=1S/C12H19BrN2O4S2/c1-12(2,3)6-7-20(16,17)15-9-4-5-11(10(13)8-9)21(14,18)19/h4-5,8,15H,6-7H2,1-3H3,(H2,14,18,19). The Bertz CT molecular complexity index is 722. The molecule has 120 valence electrons. The van der Waals surface area contributed by atoms with Crippen molar-refractivity contribution in [2.75, 3.05) is 10.5 Å². The molecule has 0 saturated heterocycles. The number of halogens is 1. The number of rotatable bonds is 5. The van der Waals surface area contributed by atoms with Gasteiger partial charge in [-0.1, -0.05) is 20.8 Å². The van der Waals surface area contributed by atoms with Gasteiger partial charge in [0.15, 0.2) is 0 Å². The molecule has 0 unspecified atom stereocenters. The number of sulfonamides is 2. The summed E-state index contributed by atoms with van der Waals surface area (Å²) < 4.78 is 49.1. The van der Waals surface area contributed by atoms with Gasteiger partial charge in [-0.15, -0.1) is 0 Å². The molecule has 9 heteroatoms. The number of primary sulfonamides is 1. The molecule has 0 radical (unpaired) electrons. The monoisotopic (exact) mass is 398 g/mol. The first-order chi connectivity index (χ1) is 9.30. The highest BCUT2D eigenvalue weighted by Gasteiger charge is 2.18. The van der Waals surface area contributed by atoms with Crippen LogP contribution in [0.15, 0.2) is 27.6 Å². The van der Waals surface area contributed by atoms with Crippen LogP contribution in [0.4, 0.5) is 5.69 Å². The number of hydrogen-bond acceptors (Lipinski definition) is 4. The predicted octanol–water partition coefficient (Wildman–Crippen LogP) is 2.27. The number of nitrogens with one attached hydrogen (secondary N) is 1. The van der Waals surface area contributed by atoms with Crippen molar-refractivity contribution in [1.29, 1.82) is 0 Å². The average molecular weight is 399 g/mol. The lowest BCUT2D eigenvalue weighted by Crippen LogP contribution is -2.21. The third kappa shape index (κ3) is 6.33. The Morgan fingerprint density at radius 3 is 2.19 bits per heavy atom. The van der Waals surface area contributed by atoms with Gasteiger partial charge in [0.05, 0.1) is 10.6 Å². The number of benzene rings is 1.